The minimum Gasteiger partial charge on any atom is -0.481 e. The van der Waals surface area contributed by atoms with Crippen LogP contribution in [-0.2, 0) is 40.6 Å². The van der Waals surface area contributed by atoms with Crippen LogP contribution in [0.2, 0.25) is 0 Å². The van der Waals surface area contributed by atoms with Crippen molar-refractivity contribution in [3.05, 3.63) is 71.8 Å². The summed E-state index contributed by atoms with van der Waals surface area (Å²) >= 11 is 0. The van der Waals surface area contributed by atoms with Gasteiger partial charge in [-0.2, -0.15) is 0 Å². The Morgan fingerprint density at radius 3 is 2.20 bits per heavy atom. The van der Waals surface area contributed by atoms with Crippen LogP contribution in [0.4, 0.5) is 0 Å². The van der Waals surface area contributed by atoms with Gasteiger partial charge >= 0.3 is 13.8 Å². The van der Waals surface area contributed by atoms with Crippen LogP contribution in [0.3, 0.4) is 0 Å². The number of carbonyl (C=O) groups is 2. The Balaban J connectivity index is 2.03. The number of hydrogen-bond donors (Lipinski definition) is 2. The molecule has 0 heterocycles. The number of nitrogens with one attached hydrogen (secondary N) is 1. The molecule has 2 aromatic carbocycles. The third-order valence-electron chi connectivity index (χ3n) is 4.16. The Bertz CT molecular complexity index is 845. The van der Waals surface area contributed by atoms with E-state index in [4.69, 9.17) is 18.7 Å². The van der Waals surface area contributed by atoms with E-state index in [0.29, 0.717) is 6.42 Å². The molecule has 9 heteroatoms. The molecule has 1 unspecified atom stereocenters. The molecule has 0 fully saturated rings. The maximum Gasteiger partial charge on any atom is 0.475 e. The average Bonchev–Trinajstić information content (AvgIpc) is 2.74. The fourth-order valence-electron chi connectivity index (χ4n) is 2.61. The summed E-state index contributed by atoms with van der Waals surface area (Å²) in [6.45, 7) is 0.00276. The van der Waals surface area contributed by atoms with Crippen LogP contribution in [0.1, 0.15) is 17.5 Å². The lowest BCUT2D eigenvalue weighted by Gasteiger charge is -2.22. The molecule has 2 N–H and O–H groups in total. The van der Waals surface area contributed by atoms with E-state index in [0.717, 1.165) is 11.1 Å². The molecule has 0 radical (unpaired) electrons. The van der Waals surface area contributed by atoms with Crippen LogP contribution < -0.4 is 5.32 Å². The van der Waals surface area contributed by atoms with Crippen LogP contribution in [0.15, 0.2) is 60.7 Å². The van der Waals surface area contributed by atoms with Crippen molar-refractivity contribution >= 4 is 19.7 Å². The number of aliphatic carboxylic acids is 1. The molecule has 2 aromatic rings. The highest BCUT2D eigenvalue weighted by molar-refractivity contribution is 7.48. The van der Waals surface area contributed by atoms with Crippen LogP contribution in [0.25, 0.3) is 0 Å². The van der Waals surface area contributed by atoms with Crippen LogP contribution in [0, 0.1) is 0 Å². The molecule has 30 heavy (non-hydrogen) atoms. The lowest BCUT2D eigenvalue weighted by atomic mass is 10.1. The zero-order valence-corrected chi connectivity index (χ0v) is 17.6. The minimum absolute atomic E-state index is 0.0744. The lowest BCUT2D eigenvalue weighted by Crippen LogP contribution is -2.38. The predicted molar refractivity (Wildman–Crippen MR) is 111 cm³/mol. The van der Waals surface area contributed by atoms with Gasteiger partial charge in [0.15, 0.2) is 6.10 Å². The van der Waals surface area contributed by atoms with Gasteiger partial charge in [0.05, 0.1) is 13.0 Å². The normalized spacial score (nSPS) is 13.9. The third-order valence-corrected chi connectivity index (χ3v) is 5.62. The fraction of sp³-hybridized carbons (Fsp3) is 0.333. The van der Waals surface area contributed by atoms with Gasteiger partial charge in [0.25, 0.3) is 0 Å². The Labute approximate surface area is 175 Å². The maximum atomic E-state index is 12.9. The first-order chi connectivity index (χ1) is 14.4. The largest absolute Gasteiger partial charge is 0.481 e. The Morgan fingerprint density at radius 2 is 1.63 bits per heavy atom. The van der Waals surface area contributed by atoms with Crippen molar-refractivity contribution in [2.45, 2.75) is 25.4 Å². The van der Waals surface area contributed by atoms with Crippen molar-refractivity contribution in [3.63, 3.8) is 0 Å². The zero-order valence-electron chi connectivity index (χ0n) is 16.7. The number of rotatable bonds is 13. The van der Waals surface area contributed by atoms with Gasteiger partial charge in [0, 0.05) is 20.1 Å². The summed E-state index contributed by atoms with van der Waals surface area (Å²) in [6, 6.07) is 18.5. The Kier molecular flexibility index (Phi) is 9.70. The monoisotopic (exact) mass is 435 g/mol. The Hall–Kier alpha value is -2.51. The standard InChI is InChI=1S/C21H26NO7P/c1-27-30(26,28-15-13-17-8-4-2-5-9-17)29-19(16-18-10-6-3-7-11-18)21(25)22-14-12-20(23)24/h2-11,19H,12-16H2,1H3,(H,22,25)(H,23,24)/t19-,30?/m0/s1. The van der Waals surface area contributed by atoms with E-state index in [1.165, 1.54) is 7.11 Å². The number of carbonyl (C=O) groups excluding carboxylic acids is 1. The SMILES string of the molecule is COP(=O)(OCCc1ccccc1)O[C@@H](Cc1ccccc1)C(=O)NCCC(=O)O. The molecule has 0 aliphatic carbocycles. The van der Waals surface area contributed by atoms with Gasteiger partial charge in [-0.25, -0.2) is 4.57 Å². The van der Waals surface area contributed by atoms with Gasteiger partial charge < -0.3 is 10.4 Å². The second-order valence-electron chi connectivity index (χ2n) is 6.42. The summed E-state index contributed by atoms with van der Waals surface area (Å²) in [6.07, 6.45) is -0.802. The van der Waals surface area contributed by atoms with Gasteiger partial charge in [-0.3, -0.25) is 23.2 Å². The van der Waals surface area contributed by atoms with Crippen molar-refractivity contribution in [2.24, 2.45) is 0 Å². The van der Waals surface area contributed by atoms with Crippen molar-refractivity contribution in [1.82, 2.24) is 5.32 Å². The summed E-state index contributed by atoms with van der Waals surface area (Å²) in [4.78, 5) is 23.2. The molecule has 0 aliphatic rings. The molecular formula is C21H26NO7P. The summed E-state index contributed by atoms with van der Waals surface area (Å²) in [5, 5.41) is 11.2. The molecule has 8 nitrogen and oxygen atoms in total. The van der Waals surface area contributed by atoms with E-state index in [1.807, 2.05) is 36.4 Å². The van der Waals surface area contributed by atoms with E-state index in [1.54, 1.807) is 24.3 Å². The molecule has 0 spiro atoms. The molecule has 0 saturated carbocycles. The number of carboxylic acids is 1. The lowest BCUT2D eigenvalue weighted by molar-refractivity contribution is -0.137. The molecule has 2 atom stereocenters. The van der Waals surface area contributed by atoms with Gasteiger partial charge in [-0.15, -0.1) is 0 Å². The molecule has 0 aliphatic heterocycles. The van der Waals surface area contributed by atoms with Crippen molar-refractivity contribution in [2.75, 3.05) is 20.3 Å². The third kappa shape index (κ3) is 8.47. The molecule has 2 rings (SSSR count). The highest BCUT2D eigenvalue weighted by atomic mass is 31.2. The predicted octanol–water partition coefficient (Wildman–Crippen LogP) is 3.22. The number of carboxylic acid groups (broad SMARTS) is 1. The highest BCUT2D eigenvalue weighted by Crippen LogP contribution is 2.50. The smallest absolute Gasteiger partial charge is 0.475 e. The highest BCUT2D eigenvalue weighted by Gasteiger charge is 2.33. The first kappa shape index (κ1) is 23.8. The van der Waals surface area contributed by atoms with Crippen molar-refractivity contribution < 1.29 is 32.8 Å². The number of phosphoric acid groups is 1. The Morgan fingerprint density at radius 1 is 1.03 bits per heavy atom. The topological polar surface area (TPSA) is 111 Å². The summed E-state index contributed by atoms with van der Waals surface area (Å²) < 4.78 is 28.8. The fourth-order valence-corrected chi connectivity index (χ4v) is 3.66. The molecule has 0 aromatic heterocycles. The van der Waals surface area contributed by atoms with Crippen LogP contribution in [0.5, 0.6) is 0 Å². The van der Waals surface area contributed by atoms with Crippen LogP contribution >= 0.6 is 7.82 Å². The van der Waals surface area contributed by atoms with E-state index in [-0.39, 0.29) is 26.0 Å². The van der Waals surface area contributed by atoms with E-state index in [9.17, 15) is 14.2 Å². The number of amides is 1. The number of benzene rings is 2. The number of phosphoric ester groups is 1. The van der Waals surface area contributed by atoms with Gasteiger partial charge in [-0.1, -0.05) is 60.7 Å². The maximum absolute atomic E-state index is 12.9. The van der Waals surface area contributed by atoms with Gasteiger partial charge in [0.1, 0.15) is 0 Å². The quantitative estimate of drug-likeness (QED) is 0.465. The summed E-state index contributed by atoms with van der Waals surface area (Å²) in [5.74, 6) is -1.63. The zero-order chi connectivity index (χ0) is 21.8. The molecule has 1 amide bonds. The second-order valence-corrected chi connectivity index (χ2v) is 8.15. The van der Waals surface area contributed by atoms with E-state index >= 15 is 0 Å². The van der Waals surface area contributed by atoms with Crippen molar-refractivity contribution in [3.8, 4) is 0 Å². The minimum atomic E-state index is -4.01. The van der Waals surface area contributed by atoms with Crippen molar-refractivity contribution in [1.29, 1.82) is 0 Å². The van der Waals surface area contributed by atoms with Gasteiger partial charge in [0.2, 0.25) is 5.91 Å². The first-order valence-corrected chi connectivity index (χ1v) is 10.9. The molecular weight excluding hydrogens is 409 g/mol. The number of hydrogen-bond acceptors (Lipinski definition) is 6. The first-order valence-electron chi connectivity index (χ1n) is 9.48. The molecule has 0 saturated heterocycles. The average molecular weight is 435 g/mol. The van der Waals surface area contributed by atoms with E-state index in [2.05, 4.69) is 5.32 Å². The summed E-state index contributed by atoms with van der Waals surface area (Å²) in [7, 11) is -2.83. The van der Waals surface area contributed by atoms with E-state index < -0.39 is 25.8 Å². The second kappa shape index (κ2) is 12.2. The van der Waals surface area contributed by atoms with Crippen LogP contribution in [-0.4, -0.2) is 43.3 Å². The molecule has 0 bridgehead atoms. The summed E-state index contributed by atoms with van der Waals surface area (Å²) in [5.41, 5.74) is 1.77. The van der Waals surface area contributed by atoms with Gasteiger partial charge in [-0.05, 0) is 17.5 Å². The molecule has 162 valence electrons.